The molecule has 1 aromatic heterocycles. The molecular formula is C14H15ClN2O. The van der Waals surface area contributed by atoms with Gasteiger partial charge in [-0.1, -0.05) is 29.8 Å². The molecule has 1 aromatic carbocycles. The highest BCUT2D eigenvalue weighted by atomic mass is 35.5. The van der Waals surface area contributed by atoms with Crippen LogP contribution in [0.15, 0.2) is 42.6 Å². The molecule has 0 aliphatic carbocycles. The highest BCUT2D eigenvalue weighted by Gasteiger charge is 2.19. The van der Waals surface area contributed by atoms with Crippen LogP contribution >= 0.6 is 11.6 Å². The zero-order chi connectivity index (χ0) is 13.0. The minimum atomic E-state index is -0.0881. The van der Waals surface area contributed by atoms with Crippen LogP contribution in [0.5, 0.6) is 5.75 Å². The van der Waals surface area contributed by atoms with Gasteiger partial charge in [-0.2, -0.15) is 0 Å². The van der Waals surface area contributed by atoms with E-state index in [1.807, 2.05) is 43.4 Å². The van der Waals surface area contributed by atoms with E-state index in [1.165, 1.54) is 0 Å². The molecule has 0 radical (unpaired) electrons. The molecular weight excluding hydrogens is 248 g/mol. The van der Waals surface area contributed by atoms with Gasteiger partial charge in [-0.15, -0.1) is 0 Å². The van der Waals surface area contributed by atoms with E-state index in [2.05, 4.69) is 10.3 Å². The first-order chi connectivity index (χ1) is 8.77. The lowest BCUT2D eigenvalue weighted by Gasteiger charge is -2.19. The van der Waals surface area contributed by atoms with Gasteiger partial charge in [-0.25, -0.2) is 0 Å². The Bertz CT molecular complexity index is 531. The average Bonchev–Trinajstić information content (AvgIpc) is 2.42. The predicted octanol–water partition coefficient (Wildman–Crippen LogP) is 3.05. The Morgan fingerprint density at radius 1 is 1.22 bits per heavy atom. The van der Waals surface area contributed by atoms with Crippen molar-refractivity contribution in [3.8, 4) is 5.75 Å². The number of benzene rings is 1. The number of rotatable bonds is 4. The van der Waals surface area contributed by atoms with Crippen molar-refractivity contribution < 1.29 is 4.74 Å². The van der Waals surface area contributed by atoms with Gasteiger partial charge in [0.1, 0.15) is 11.4 Å². The Balaban J connectivity index is 2.49. The van der Waals surface area contributed by atoms with Crippen molar-refractivity contribution in [1.29, 1.82) is 0 Å². The number of methoxy groups -OCH3 is 1. The van der Waals surface area contributed by atoms with Crippen LogP contribution in [-0.4, -0.2) is 19.1 Å². The van der Waals surface area contributed by atoms with Gasteiger partial charge in [0, 0.05) is 11.2 Å². The van der Waals surface area contributed by atoms with E-state index in [0.29, 0.717) is 5.02 Å². The minimum absolute atomic E-state index is 0.0881. The third-order valence-corrected chi connectivity index (χ3v) is 3.14. The number of nitrogens with one attached hydrogen (secondary N) is 1. The summed E-state index contributed by atoms with van der Waals surface area (Å²) in [4.78, 5) is 4.39. The summed E-state index contributed by atoms with van der Waals surface area (Å²) >= 11 is 6.23. The predicted molar refractivity (Wildman–Crippen MR) is 73.1 cm³/mol. The van der Waals surface area contributed by atoms with E-state index in [0.717, 1.165) is 17.0 Å². The molecule has 0 aliphatic heterocycles. The quantitative estimate of drug-likeness (QED) is 0.920. The van der Waals surface area contributed by atoms with Gasteiger partial charge < -0.3 is 10.1 Å². The fourth-order valence-electron chi connectivity index (χ4n) is 1.94. The summed E-state index contributed by atoms with van der Waals surface area (Å²) in [5.41, 5.74) is 1.81. The largest absolute Gasteiger partial charge is 0.495 e. The topological polar surface area (TPSA) is 34.2 Å². The highest BCUT2D eigenvalue weighted by molar-refractivity contribution is 6.31. The lowest BCUT2D eigenvalue weighted by Crippen LogP contribution is -2.20. The van der Waals surface area contributed by atoms with Gasteiger partial charge in [0.05, 0.1) is 13.2 Å². The van der Waals surface area contributed by atoms with Crippen LogP contribution in [0.3, 0.4) is 0 Å². The molecule has 0 saturated carbocycles. The van der Waals surface area contributed by atoms with Gasteiger partial charge in [-0.3, -0.25) is 4.98 Å². The zero-order valence-electron chi connectivity index (χ0n) is 10.4. The van der Waals surface area contributed by atoms with Crippen molar-refractivity contribution in [2.75, 3.05) is 14.2 Å². The van der Waals surface area contributed by atoms with Crippen LogP contribution in [-0.2, 0) is 0 Å². The summed E-state index contributed by atoms with van der Waals surface area (Å²) in [5, 5.41) is 3.94. The van der Waals surface area contributed by atoms with Gasteiger partial charge in [0.15, 0.2) is 0 Å². The molecule has 18 heavy (non-hydrogen) atoms. The molecule has 0 amide bonds. The molecule has 0 saturated heterocycles. The average molecular weight is 263 g/mol. The lowest BCUT2D eigenvalue weighted by molar-refractivity contribution is 0.401. The molecule has 2 rings (SSSR count). The third-order valence-electron chi connectivity index (χ3n) is 2.80. The molecule has 1 atom stereocenters. The highest BCUT2D eigenvalue weighted by Crippen LogP contribution is 2.31. The van der Waals surface area contributed by atoms with Crippen molar-refractivity contribution in [2.24, 2.45) is 0 Å². The van der Waals surface area contributed by atoms with E-state index < -0.39 is 0 Å². The first-order valence-corrected chi connectivity index (χ1v) is 6.06. The smallest absolute Gasteiger partial charge is 0.142 e. The molecule has 1 heterocycles. The summed E-state index contributed by atoms with van der Waals surface area (Å²) in [5.74, 6) is 0.747. The van der Waals surface area contributed by atoms with Gasteiger partial charge in [0.25, 0.3) is 0 Å². The van der Waals surface area contributed by atoms with E-state index in [1.54, 1.807) is 13.3 Å². The second-order valence-electron chi connectivity index (χ2n) is 3.83. The SMILES string of the molecule is CNC(c1ccccc1Cl)c1ncccc1OC. The molecule has 1 unspecified atom stereocenters. The van der Waals surface area contributed by atoms with Crippen molar-refractivity contribution in [3.63, 3.8) is 0 Å². The number of hydrogen-bond acceptors (Lipinski definition) is 3. The van der Waals surface area contributed by atoms with Crippen molar-refractivity contribution >= 4 is 11.6 Å². The van der Waals surface area contributed by atoms with Crippen LogP contribution in [0.1, 0.15) is 17.3 Å². The van der Waals surface area contributed by atoms with Crippen LogP contribution in [0, 0.1) is 0 Å². The Hall–Kier alpha value is -1.58. The summed E-state index contributed by atoms with van der Waals surface area (Å²) in [6, 6.07) is 11.4. The Morgan fingerprint density at radius 3 is 2.67 bits per heavy atom. The molecule has 0 spiro atoms. The lowest BCUT2D eigenvalue weighted by atomic mass is 10.0. The fraction of sp³-hybridized carbons (Fsp3) is 0.214. The number of halogens is 1. The van der Waals surface area contributed by atoms with Crippen molar-refractivity contribution in [3.05, 3.63) is 58.9 Å². The number of aromatic nitrogens is 1. The second kappa shape index (κ2) is 5.85. The van der Waals surface area contributed by atoms with E-state index in [4.69, 9.17) is 16.3 Å². The van der Waals surface area contributed by atoms with Crippen LogP contribution < -0.4 is 10.1 Å². The maximum atomic E-state index is 6.23. The van der Waals surface area contributed by atoms with Crippen LogP contribution in [0.25, 0.3) is 0 Å². The minimum Gasteiger partial charge on any atom is -0.495 e. The number of pyridine rings is 1. The number of hydrogen-bond donors (Lipinski definition) is 1. The second-order valence-corrected chi connectivity index (χ2v) is 4.24. The normalized spacial score (nSPS) is 12.2. The third kappa shape index (κ3) is 2.47. The Morgan fingerprint density at radius 2 is 2.00 bits per heavy atom. The first-order valence-electron chi connectivity index (χ1n) is 5.68. The Labute approximate surface area is 112 Å². The van der Waals surface area contributed by atoms with Gasteiger partial charge >= 0.3 is 0 Å². The number of nitrogens with zero attached hydrogens (tertiary/aromatic N) is 1. The van der Waals surface area contributed by atoms with E-state index in [-0.39, 0.29) is 6.04 Å². The molecule has 0 fully saturated rings. The van der Waals surface area contributed by atoms with E-state index in [9.17, 15) is 0 Å². The van der Waals surface area contributed by atoms with Crippen molar-refractivity contribution in [1.82, 2.24) is 10.3 Å². The molecule has 2 aromatic rings. The maximum Gasteiger partial charge on any atom is 0.142 e. The molecule has 1 N–H and O–H groups in total. The summed E-state index contributed by atoms with van der Waals surface area (Å²) in [6.07, 6.45) is 1.75. The molecule has 4 heteroatoms. The zero-order valence-corrected chi connectivity index (χ0v) is 11.1. The van der Waals surface area contributed by atoms with Crippen molar-refractivity contribution in [2.45, 2.75) is 6.04 Å². The monoisotopic (exact) mass is 262 g/mol. The Kier molecular flexibility index (Phi) is 4.18. The molecule has 3 nitrogen and oxygen atoms in total. The molecule has 0 aliphatic rings. The van der Waals surface area contributed by atoms with Crippen LogP contribution in [0.4, 0.5) is 0 Å². The molecule has 94 valence electrons. The van der Waals surface area contributed by atoms with Gasteiger partial charge in [0.2, 0.25) is 0 Å². The number of ether oxygens (including phenoxy) is 1. The standard InChI is InChI=1S/C14H15ClN2O/c1-16-13(10-6-3-4-7-11(10)15)14-12(18-2)8-5-9-17-14/h3-9,13,16H,1-2H3. The van der Waals surface area contributed by atoms with Crippen LogP contribution in [0.2, 0.25) is 5.02 Å². The maximum absolute atomic E-state index is 6.23. The summed E-state index contributed by atoms with van der Waals surface area (Å²) in [7, 11) is 3.52. The fourth-order valence-corrected chi connectivity index (χ4v) is 2.19. The van der Waals surface area contributed by atoms with Gasteiger partial charge in [-0.05, 0) is 30.8 Å². The summed E-state index contributed by atoms with van der Waals surface area (Å²) in [6.45, 7) is 0. The summed E-state index contributed by atoms with van der Waals surface area (Å²) < 4.78 is 5.34. The molecule has 0 bridgehead atoms. The first kappa shape index (κ1) is 12.9. The van der Waals surface area contributed by atoms with E-state index >= 15 is 0 Å².